The largest absolute Gasteiger partial charge is 0.264 e. The number of allylic oxidation sites excluding steroid dienone is 1. The minimum Gasteiger partial charge on any atom is -0.264 e. The summed E-state index contributed by atoms with van der Waals surface area (Å²) in [5.41, 5.74) is 0.801. The van der Waals surface area contributed by atoms with Crippen molar-refractivity contribution in [3.63, 3.8) is 0 Å². The molecule has 0 saturated carbocycles. The molecule has 0 aromatic carbocycles. The third-order valence-corrected chi connectivity index (χ3v) is 0.871. The van der Waals surface area contributed by atoms with Crippen molar-refractivity contribution in [1.29, 1.82) is 0 Å². The van der Waals surface area contributed by atoms with Crippen molar-refractivity contribution in [2.45, 2.75) is 13.8 Å². The van der Waals surface area contributed by atoms with Crippen LogP contribution in [0.4, 0.5) is 0 Å². The smallest absolute Gasteiger partial charge is 0.224 e. The van der Waals surface area contributed by atoms with Gasteiger partial charge in [0.05, 0.1) is 0 Å². The van der Waals surface area contributed by atoms with Crippen molar-refractivity contribution in [3.8, 4) is 0 Å². The number of rotatable bonds is 2. The Bertz CT molecular complexity index is 118. The molecule has 8 heavy (non-hydrogen) atoms. The van der Waals surface area contributed by atoms with Crippen molar-refractivity contribution < 1.29 is 4.92 Å². The zero-order valence-corrected chi connectivity index (χ0v) is 5.05. The molecule has 0 heterocycles. The molecule has 3 nitrogen and oxygen atoms in total. The molecule has 0 aliphatic rings. The van der Waals surface area contributed by atoms with Crippen LogP contribution in [0.2, 0.25) is 0 Å². The van der Waals surface area contributed by atoms with E-state index in [2.05, 4.69) is 0 Å². The summed E-state index contributed by atoms with van der Waals surface area (Å²) in [6.45, 7) is 3.50. The topological polar surface area (TPSA) is 43.1 Å². The van der Waals surface area contributed by atoms with E-state index in [4.69, 9.17) is 0 Å². The molecule has 3 heteroatoms. The van der Waals surface area contributed by atoms with E-state index in [0.717, 1.165) is 5.57 Å². The van der Waals surface area contributed by atoms with Crippen LogP contribution >= 0.6 is 0 Å². The first-order valence-corrected chi connectivity index (χ1v) is 2.40. The fourth-order valence-corrected chi connectivity index (χ4v) is 0.295. The van der Waals surface area contributed by atoms with Crippen molar-refractivity contribution in [2.75, 3.05) is 6.54 Å². The summed E-state index contributed by atoms with van der Waals surface area (Å²) >= 11 is 0. The van der Waals surface area contributed by atoms with Gasteiger partial charge in [-0.15, -0.1) is 0 Å². The van der Waals surface area contributed by atoms with Crippen molar-refractivity contribution in [2.24, 2.45) is 0 Å². The van der Waals surface area contributed by atoms with E-state index in [1.807, 2.05) is 0 Å². The second-order valence-corrected chi connectivity index (χ2v) is 1.63. The van der Waals surface area contributed by atoms with Gasteiger partial charge in [0.1, 0.15) is 0 Å². The summed E-state index contributed by atoms with van der Waals surface area (Å²) < 4.78 is 0. The van der Waals surface area contributed by atoms with Gasteiger partial charge in [-0.05, 0) is 19.4 Å². The Hall–Kier alpha value is -0.860. The van der Waals surface area contributed by atoms with Gasteiger partial charge in [-0.1, -0.05) is 6.08 Å². The first-order valence-electron chi connectivity index (χ1n) is 2.40. The predicted octanol–water partition coefficient (Wildman–Crippen LogP) is 1.23. The molecule has 0 spiro atoms. The quantitative estimate of drug-likeness (QED) is 0.308. The maximum atomic E-state index is 9.73. The predicted molar refractivity (Wildman–Crippen MR) is 31.3 cm³/mol. The van der Waals surface area contributed by atoms with E-state index in [1.165, 1.54) is 0 Å². The Labute approximate surface area is 48.2 Å². The monoisotopic (exact) mass is 115 g/mol. The van der Waals surface area contributed by atoms with Crippen LogP contribution in [0.5, 0.6) is 0 Å². The maximum absolute atomic E-state index is 9.73. The van der Waals surface area contributed by atoms with Crippen molar-refractivity contribution in [3.05, 3.63) is 21.8 Å². The molecule has 0 aliphatic carbocycles. The van der Waals surface area contributed by atoms with E-state index >= 15 is 0 Å². The van der Waals surface area contributed by atoms with Crippen LogP contribution in [0.3, 0.4) is 0 Å². The number of hydrogen-bond donors (Lipinski definition) is 0. The molecule has 0 amide bonds. The first-order chi connectivity index (χ1) is 3.66. The van der Waals surface area contributed by atoms with E-state index in [0.29, 0.717) is 0 Å². The molecule has 0 aromatic rings. The van der Waals surface area contributed by atoms with Gasteiger partial charge in [0, 0.05) is 4.92 Å². The van der Waals surface area contributed by atoms with E-state index in [-0.39, 0.29) is 11.5 Å². The molecule has 0 radical (unpaired) electrons. The molecule has 46 valence electrons. The minimum atomic E-state index is -0.338. The zero-order chi connectivity index (χ0) is 6.57. The fraction of sp³-hybridized carbons (Fsp3) is 0.600. The van der Waals surface area contributed by atoms with Crippen molar-refractivity contribution in [1.82, 2.24) is 0 Å². The molecular weight excluding hydrogens is 106 g/mol. The molecule has 0 N–H and O–H groups in total. The second kappa shape index (κ2) is 3.18. The Balaban J connectivity index is 3.56. The Morgan fingerprint density at radius 3 is 2.50 bits per heavy atom. The number of hydrogen-bond acceptors (Lipinski definition) is 2. The standard InChI is InChI=1S/C5H9NO2/c1-3-5(2)4-6(7)8/h3H,4H2,1-2H3/b5-3+. The van der Waals surface area contributed by atoms with E-state index in [1.54, 1.807) is 19.9 Å². The Morgan fingerprint density at radius 2 is 2.38 bits per heavy atom. The third kappa shape index (κ3) is 3.33. The van der Waals surface area contributed by atoms with Crippen LogP contribution in [0.15, 0.2) is 11.6 Å². The van der Waals surface area contributed by atoms with Crippen LogP contribution < -0.4 is 0 Å². The van der Waals surface area contributed by atoms with Crippen LogP contribution in [0.1, 0.15) is 13.8 Å². The number of nitro groups is 1. The zero-order valence-electron chi connectivity index (χ0n) is 5.05. The van der Waals surface area contributed by atoms with Gasteiger partial charge in [-0.25, -0.2) is 0 Å². The highest BCUT2D eigenvalue weighted by Crippen LogP contribution is 1.89. The highest BCUT2D eigenvalue weighted by atomic mass is 16.6. The average Bonchev–Trinajstić information content (AvgIpc) is 1.65. The van der Waals surface area contributed by atoms with Gasteiger partial charge in [-0.3, -0.25) is 10.1 Å². The lowest BCUT2D eigenvalue weighted by Crippen LogP contribution is -2.00. The van der Waals surface area contributed by atoms with Gasteiger partial charge in [0.25, 0.3) is 0 Å². The SMILES string of the molecule is C/C=C(\C)C[N+](=O)[O-]. The Morgan fingerprint density at radius 1 is 1.88 bits per heavy atom. The molecule has 0 fully saturated rings. The van der Waals surface area contributed by atoms with Gasteiger partial charge in [0.2, 0.25) is 6.54 Å². The summed E-state index contributed by atoms with van der Waals surface area (Å²) in [7, 11) is 0. The summed E-state index contributed by atoms with van der Waals surface area (Å²) in [5.74, 6) is 0. The molecule has 0 aliphatic heterocycles. The summed E-state index contributed by atoms with van der Waals surface area (Å²) in [6, 6.07) is 0. The lowest BCUT2D eigenvalue weighted by Gasteiger charge is -1.88. The normalized spacial score (nSPS) is 11.5. The summed E-state index contributed by atoms with van der Waals surface area (Å²) in [4.78, 5) is 9.40. The first kappa shape index (κ1) is 7.14. The lowest BCUT2D eigenvalue weighted by molar-refractivity contribution is -0.470. The molecule has 0 aromatic heterocycles. The van der Waals surface area contributed by atoms with Crippen LogP contribution in [-0.4, -0.2) is 11.5 Å². The van der Waals surface area contributed by atoms with Crippen LogP contribution in [-0.2, 0) is 0 Å². The summed E-state index contributed by atoms with van der Waals surface area (Å²) in [5, 5.41) is 9.73. The van der Waals surface area contributed by atoms with Crippen molar-refractivity contribution >= 4 is 0 Å². The van der Waals surface area contributed by atoms with Gasteiger partial charge in [0.15, 0.2) is 0 Å². The maximum Gasteiger partial charge on any atom is 0.224 e. The van der Waals surface area contributed by atoms with Gasteiger partial charge >= 0.3 is 0 Å². The summed E-state index contributed by atoms with van der Waals surface area (Å²) in [6.07, 6.45) is 1.74. The van der Waals surface area contributed by atoms with E-state index in [9.17, 15) is 10.1 Å². The molecular formula is C5H9NO2. The number of nitrogens with zero attached hydrogens (tertiary/aromatic N) is 1. The highest BCUT2D eigenvalue weighted by Gasteiger charge is 1.94. The minimum absolute atomic E-state index is 0.0312. The fourth-order valence-electron chi connectivity index (χ4n) is 0.295. The molecule has 0 rings (SSSR count). The molecule has 0 unspecified atom stereocenters. The molecule has 0 bridgehead atoms. The van der Waals surface area contributed by atoms with Gasteiger partial charge in [-0.2, -0.15) is 0 Å². The van der Waals surface area contributed by atoms with E-state index < -0.39 is 0 Å². The third-order valence-electron chi connectivity index (χ3n) is 0.871. The second-order valence-electron chi connectivity index (χ2n) is 1.63. The molecule has 0 saturated heterocycles. The lowest BCUT2D eigenvalue weighted by atomic mass is 10.3. The highest BCUT2D eigenvalue weighted by molar-refractivity contribution is 4.94. The van der Waals surface area contributed by atoms with Crippen LogP contribution in [0.25, 0.3) is 0 Å². The van der Waals surface area contributed by atoms with Crippen LogP contribution in [0, 0.1) is 10.1 Å². The van der Waals surface area contributed by atoms with Gasteiger partial charge < -0.3 is 0 Å². The molecule has 0 atom stereocenters. The Kier molecular flexibility index (Phi) is 2.84. The average molecular weight is 115 g/mol.